The van der Waals surface area contributed by atoms with Crippen molar-refractivity contribution in [1.29, 1.82) is 0 Å². The molecule has 0 radical (unpaired) electrons. The molecule has 1 N–H and O–H groups in total. The zero-order valence-electron chi connectivity index (χ0n) is 10.4. The van der Waals surface area contributed by atoms with Crippen LogP contribution in [0.4, 0.5) is 0 Å². The monoisotopic (exact) mass is 227 g/mol. The first-order chi connectivity index (χ1) is 8.22. The van der Waals surface area contributed by atoms with Gasteiger partial charge < -0.3 is 5.32 Å². The molecule has 0 saturated heterocycles. The van der Waals surface area contributed by atoms with Gasteiger partial charge in [0.1, 0.15) is 6.33 Å². The maximum absolute atomic E-state index is 4.32. The van der Waals surface area contributed by atoms with Gasteiger partial charge in [-0.05, 0) is 38.1 Å². The van der Waals surface area contributed by atoms with Gasteiger partial charge in [-0.3, -0.25) is 0 Å². The smallest absolute Gasteiger partial charge is 0.115 e. The fourth-order valence-corrected chi connectivity index (χ4v) is 2.08. The van der Waals surface area contributed by atoms with Crippen LogP contribution in [0.5, 0.6) is 0 Å². The molecule has 2 aromatic rings. The van der Waals surface area contributed by atoms with E-state index in [4.69, 9.17) is 0 Å². The first-order valence-electron chi connectivity index (χ1n) is 5.72. The zero-order chi connectivity index (χ0) is 12.3. The van der Waals surface area contributed by atoms with E-state index in [-0.39, 0.29) is 6.04 Å². The fourth-order valence-electron chi connectivity index (χ4n) is 2.08. The Kier molecular flexibility index (Phi) is 3.49. The lowest BCUT2D eigenvalue weighted by atomic mass is 9.97. The molecular formula is C14H17N3. The van der Waals surface area contributed by atoms with Gasteiger partial charge in [0.25, 0.3) is 0 Å². The molecule has 1 unspecified atom stereocenters. The maximum Gasteiger partial charge on any atom is 0.115 e. The van der Waals surface area contributed by atoms with Gasteiger partial charge in [0.05, 0.1) is 11.7 Å². The molecule has 2 rings (SSSR count). The van der Waals surface area contributed by atoms with Gasteiger partial charge in [0, 0.05) is 6.20 Å². The number of nitrogens with one attached hydrogen (secondary N) is 1. The highest BCUT2D eigenvalue weighted by atomic mass is 14.9. The fraction of sp³-hybridized carbons (Fsp3) is 0.286. The molecule has 1 aromatic heterocycles. The molecule has 0 fully saturated rings. The minimum absolute atomic E-state index is 0.124. The summed E-state index contributed by atoms with van der Waals surface area (Å²) in [5.41, 5.74) is 4.82. The second-order valence-corrected chi connectivity index (χ2v) is 4.22. The van der Waals surface area contributed by atoms with Crippen molar-refractivity contribution in [3.63, 3.8) is 0 Å². The SMILES string of the molecule is CNC(c1ccncn1)c1ccc(C)cc1C. The summed E-state index contributed by atoms with van der Waals surface area (Å²) in [4.78, 5) is 8.27. The Morgan fingerprint density at radius 3 is 2.59 bits per heavy atom. The van der Waals surface area contributed by atoms with Gasteiger partial charge in [0.15, 0.2) is 0 Å². The summed E-state index contributed by atoms with van der Waals surface area (Å²) in [6.45, 7) is 4.24. The van der Waals surface area contributed by atoms with Crippen molar-refractivity contribution in [2.45, 2.75) is 19.9 Å². The third-order valence-electron chi connectivity index (χ3n) is 2.93. The third kappa shape index (κ3) is 2.50. The predicted molar refractivity (Wildman–Crippen MR) is 68.9 cm³/mol. The number of aryl methyl sites for hydroxylation is 2. The van der Waals surface area contributed by atoms with Crippen molar-refractivity contribution in [3.05, 3.63) is 59.2 Å². The molecule has 0 aliphatic carbocycles. The molecule has 0 aliphatic heterocycles. The van der Waals surface area contributed by atoms with Gasteiger partial charge in [-0.1, -0.05) is 23.8 Å². The van der Waals surface area contributed by atoms with Crippen molar-refractivity contribution >= 4 is 0 Å². The first kappa shape index (κ1) is 11.7. The van der Waals surface area contributed by atoms with E-state index >= 15 is 0 Å². The summed E-state index contributed by atoms with van der Waals surface area (Å²) >= 11 is 0. The Hall–Kier alpha value is -1.74. The third-order valence-corrected chi connectivity index (χ3v) is 2.93. The number of nitrogens with zero attached hydrogens (tertiary/aromatic N) is 2. The Morgan fingerprint density at radius 1 is 1.18 bits per heavy atom. The van der Waals surface area contributed by atoms with Crippen molar-refractivity contribution in [2.24, 2.45) is 0 Å². The van der Waals surface area contributed by atoms with E-state index in [1.165, 1.54) is 16.7 Å². The lowest BCUT2D eigenvalue weighted by molar-refractivity contribution is 0.664. The van der Waals surface area contributed by atoms with Crippen molar-refractivity contribution in [3.8, 4) is 0 Å². The molecule has 0 spiro atoms. The lowest BCUT2D eigenvalue weighted by Gasteiger charge is -2.18. The summed E-state index contributed by atoms with van der Waals surface area (Å²) < 4.78 is 0. The van der Waals surface area contributed by atoms with Crippen molar-refractivity contribution < 1.29 is 0 Å². The molecule has 1 heterocycles. The molecular weight excluding hydrogens is 210 g/mol. The van der Waals surface area contributed by atoms with Gasteiger partial charge in [-0.2, -0.15) is 0 Å². The molecule has 88 valence electrons. The second-order valence-electron chi connectivity index (χ2n) is 4.22. The molecule has 1 atom stereocenters. The van der Waals surface area contributed by atoms with E-state index in [1.54, 1.807) is 12.5 Å². The zero-order valence-corrected chi connectivity index (χ0v) is 10.4. The van der Waals surface area contributed by atoms with Crippen LogP contribution in [-0.4, -0.2) is 17.0 Å². The number of hydrogen-bond acceptors (Lipinski definition) is 3. The number of hydrogen-bond donors (Lipinski definition) is 1. The Bertz CT molecular complexity index is 494. The van der Waals surface area contributed by atoms with E-state index in [0.717, 1.165) is 5.69 Å². The summed E-state index contributed by atoms with van der Waals surface area (Å²) in [5, 5.41) is 3.30. The van der Waals surface area contributed by atoms with Crippen LogP contribution in [0.15, 0.2) is 36.8 Å². The number of rotatable bonds is 3. The summed E-state index contributed by atoms with van der Waals surface area (Å²) in [6, 6.07) is 8.56. The van der Waals surface area contributed by atoms with E-state index in [9.17, 15) is 0 Å². The van der Waals surface area contributed by atoms with Crippen LogP contribution in [0.25, 0.3) is 0 Å². The molecule has 17 heavy (non-hydrogen) atoms. The van der Waals surface area contributed by atoms with Gasteiger partial charge in [0.2, 0.25) is 0 Å². The number of aromatic nitrogens is 2. The van der Waals surface area contributed by atoms with Gasteiger partial charge in [-0.25, -0.2) is 9.97 Å². The van der Waals surface area contributed by atoms with Crippen LogP contribution in [-0.2, 0) is 0 Å². The Morgan fingerprint density at radius 2 is 2.00 bits per heavy atom. The topological polar surface area (TPSA) is 37.8 Å². The standard InChI is InChI=1S/C14H17N3/c1-10-4-5-12(11(2)8-10)14(15-3)13-6-7-16-9-17-13/h4-9,14-15H,1-3H3. The van der Waals surface area contributed by atoms with Crippen molar-refractivity contribution in [2.75, 3.05) is 7.05 Å². The molecule has 0 amide bonds. The van der Waals surface area contributed by atoms with Crippen LogP contribution in [0.2, 0.25) is 0 Å². The van der Waals surface area contributed by atoms with E-state index in [1.807, 2.05) is 13.1 Å². The summed E-state index contributed by atoms with van der Waals surface area (Å²) in [5.74, 6) is 0. The highest BCUT2D eigenvalue weighted by Gasteiger charge is 2.14. The molecule has 0 saturated carbocycles. The summed E-state index contributed by atoms with van der Waals surface area (Å²) in [7, 11) is 1.95. The maximum atomic E-state index is 4.32. The van der Waals surface area contributed by atoms with E-state index in [0.29, 0.717) is 0 Å². The highest BCUT2D eigenvalue weighted by molar-refractivity contribution is 5.36. The minimum Gasteiger partial charge on any atom is -0.308 e. The van der Waals surface area contributed by atoms with Gasteiger partial charge >= 0.3 is 0 Å². The largest absolute Gasteiger partial charge is 0.308 e. The molecule has 0 aliphatic rings. The normalized spacial score (nSPS) is 12.4. The lowest BCUT2D eigenvalue weighted by Crippen LogP contribution is -2.19. The summed E-state index contributed by atoms with van der Waals surface area (Å²) in [6.07, 6.45) is 3.36. The Balaban J connectivity index is 2.42. The van der Waals surface area contributed by atoms with Crippen LogP contribution in [0, 0.1) is 13.8 Å². The molecule has 1 aromatic carbocycles. The predicted octanol–water partition coefficient (Wildman–Crippen LogP) is 2.40. The second kappa shape index (κ2) is 5.06. The quantitative estimate of drug-likeness (QED) is 0.875. The van der Waals surface area contributed by atoms with E-state index < -0.39 is 0 Å². The van der Waals surface area contributed by atoms with Crippen LogP contribution < -0.4 is 5.32 Å². The van der Waals surface area contributed by atoms with Crippen LogP contribution in [0.1, 0.15) is 28.4 Å². The average molecular weight is 227 g/mol. The number of benzene rings is 1. The molecule has 0 bridgehead atoms. The van der Waals surface area contributed by atoms with E-state index in [2.05, 4.69) is 47.3 Å². The van der Waals surface area contributed by atoms with Crippen LogP contribution in [0.3, 0.4) is 0 Å². The van der Waals surface area contributed by atoms with Gasteiger partial charge in [-0.15, -0.1) is 0 Å². The minimum atomic E-state index is 0.124. The van der Waals surface area contributed by atoms with Crippen LogP contribution >= 0.6 is 0 Å². The highest BCUT2D eigenvalue weighted by Crippen LogP contribution is 2.23. The average Bonchev–Trinajstić information content (AvgIpc) is 2.34. The molecule has 3 heteroatoms. The first-order valence-corrected chi connectivity index (χ1v) is 5.72. The molecule has 3 nitrogen and oxygen atoms in total. The Labute approximate surface area is 102 Å². The van der Waals surface area contributed by atoms with Crippen molar-refractivity contribution in [1.82, 2.24) is 15.3 Å².